The smallest absolute Gasteiger partial charge is 0.408 e. The molecule has 0 spiro atoms. The summed E-state index contributed by atoms with van der Waals surface area (Å²) in [5, 5.41) is 2.74. The molecule has 0 aliphatic rings. The second kappa shape index (κ2) is 7.67. The molecule has 1 aromatic heterocycles. The van der Waals surface area contributed by atoms with Crippen molar-refractivity contribution in [1.29, 1.82) is 0 Å². The van der Waals surface area contributed by atoms with Gasteiger partial charge in [0.05, 0.1) is 17.5 Å². The average Bonchev–Trinajstić information content (AvgIpc) is 2.93. The van der Waals surface area contributed by atoms with Gasteiger partial charge in [-0.25, -0.2) is 13.2 Å². The molecule has 2 N–H and O–H groups in total. The van der Waals surface area contributed by atoms with Gasteiger partial charge in [0, 0.05) is 19.5 Å². The van der Waals surface area contributed by atoms with Gasteiger partial charge < -0.3 is 9.73 Å². The number of aromatic nitrogens is 1. The van der Waals surface area contributed by atoms with E-state index in [0.717, 1.165) is 6.26 Å². The number of sulfonamides is 1. The molecule has 8 nitrogen and oxygen atoms in total. The minimum atomic E-state index is -3.41. The topological polar surface area (TPSA) is 110 Å². The number of nitrogens with one attached hydrogen (secondary N) is 2. The van der Waals surface area contributed by atoms with Crippen molar-refractivity contribution < 1.29 is 17.6 Å². The molecule has 0 radical (unpaired) electrons. The number of amides is 1. The maximum atomic E-state index is 12.2. The molecule has 3 rings (SSSR count). The zero-order chi connectivity index (χ0) is 19.4. The number of fused-ring (bicyclic) bond motifs is 1. The minimum absolute atomic E-state index is 0.0884. The monoisotopic (exact) mass is 389 g/mol. The van der Waals surface area contributed by atoms with Crippen LogP contribution in [0.15, 0.2) is 57.7 Å². The van der Waals surface area contributed by atoms with Gasteiger partial charge in [-0.05, 0) is 23.8 Å². The predicted molar refractivity (Wildman–Crippen MR) is 102 cm³/mol. The predicted octanol–water partition coefficient (Wildman–Crippen LogP) is 1.67. The van der Waals surface area contributed by atoms with E-state index in [9.17, 15) is 18.0 Å². The van der Waals surface area contributed by atoms with E-state index >= 15 is 0 Å². The van der Waals surface area contributed by atoms with E-state index in [1.54, 1.807) is 48.5 Å². The van der Waals surface area contributed by atoms with Crippen LogP contribution in [-0.2, 0) is 27.9 Å². The van der Waals surface area contributed by atoms with Gasteiger partial charge in [-0.1, -0.05) is 30.3 Å². The summed E-state index contributed by atoms with van der Waals surface area (Å²) in [6.45, 7) is 0.351. The van der Waals surface area contributed by atoms with E-state index in [-0.39, 0.29) is 25.4 Å². The number of anilines is 1. The van der Waals surface area contributed by atoms with Gasteiger partial charge in [-0.15, -0.1) is 0 Å². The van der Waals surface area contributed by atoms with Crippen LogP contribution in [0.3, 0.4) is 0 Å². The van der Waals surface area contributed by atoms with Gasteiger partial charge >= 0.3 is 5.76 Å². The second-order valence-electron chi connectivity index (χ2n) is 6.05. The summed E-state index contributed by atoms with van der Waals surface area (Å²) in [6, 6.07) is 13.8. The molecule has 3 aromatic rings. The molecular weight excluding hydrogens is 370 g/mol. The highest BCUT2D eigenvalue weighted by molar-refractivity contribution is 7.92. The highest BCUT2D eigenvalue weighted by atomic mass is 32.2. The van der Waals surface area contributed by atoms with Crippen LogP contribution in [0.1, 0.15) is 12.0 Å². The fourth-order valence-corrected chi connectivity index (χ4v) is 3.29. The van der Waals surface area contributed by atoms with E-state index < -0.39 is 15.8 Å². The Balaban J connectivity index is 1.62. The number of para-hydroxylation sites is 3. The zero-order valence-electron chi connectivity index (χ0n) is 14.6. The molecular formula is C18H19N3O5S. The Kier molecular flexibility index (Phi) is 5.31. The van der Waals surface area contributed by atoms with Crippen LogP contribution in [0.2, 0.25) is 0 Å². The maximum absolute atomic E-state index is 12.2. The van der Waals surface area contributed by atoms with Gasteiger partial charge in [0.2, 0.25) is 15.9 Å². The molecule has 0 unspecified atom stereocenters. The SMILES string of the molecule is CS(=O)(=O)Nc1ccccc1CNC(=O)CCn1c(=O)oc2ccccc21. The van der Waals surface area contributed by atoms with E-state index in [1.165, 1.54) is 4.57 Å². The number of carbonyl (C=O) groups is 1. The summed E-state index contributed by atoms with van der Waals surface area (Å²) < 4.78 is 31.8. The molecule has 1 heterocycles. The van der Waals surface area contributed by atoms with Gasteiger partial charge in [-0.3, -0.25) is 14.1 Å². The van der Waals surface area contributed by atoms with Gasteiger partial charge in [-0.2, -0.15) is 0 Å². The summed E-state index contributed by atoms with van der Waals surface area (Å²) in [4.78, 5) is 24.1. The molecule has 9 heteroatoms. The number of hydrogen-bond donors (Lipinski definition) is 2. The number of aryl methyl sites for hydroxylation is 1. The van der Waals surface area contributed by atoms with E-state index in [0.29, 0.717) is 22.4 Å². The fraction of sp³-hybridized carbons (Fsp3) is 0.222. The van der Waals surface area contributed by atoms with Crippen LogP contribution in [0, 0.1) is 0 Å². The van der Waals surface area contributed by atoms with Crippen molar-refractivity contribution in [3.63, 3.8) is 0 Å². The number of carbonyl (C=O) groups excluding carboxylic acids is 1. The molecule has 0 saturated carbocycles. The van der Waals surface area contributed by atoms with E-state index in [2.05, 4.69) is 10.0 Å². The molecule has 27 heavy (non-hydrogen) atoms. The first kappa shape index (κ1) is 18.7. The number of rotatable bonds is 7. The summed E-state index contributed by atoms with van der Waals surface area (Å²) >= 11 is 0. The standard InChI is InChI=1S/C18H19N3O5S/c1-27(24,25)20-14-7-3-2-6-13(14)12-19-17(22)10-11-21-15-8-4-5-9-16(15)26-18(21)23/h2-9,20H,10-12H2,1H3,(H,19,22). The fourth-order valence-electron chi connectivity index (χ4n) is 2.70. The highest BCUT2D eigenvalue weighted by Crippen LogP contribution is 2.16. The molecule has 1 amide bonds. The van der Waals surface area contributed by atoms with E-state index in [4.69, 9.17) is 4.42 Å². The first-order valence-electron chi connectivity index (χ1n) is 8.24. The number of oxazole rings is 1. The van der Waals surface area contributed by atoms with Gasteiger partial charge in [0.15, 0.2) is 5.58 Å². The third-order valence-corrected chi connectivity index (χ3v) is 4.52. The van der Waals surface area contributed by atoms with Crippen LogP contribution in [-0.4, -0.2) is 25.1 Å². The number of nitrogens with zero attached hydrogens (tertiary/aromatic N) is 1. The van der Waals surface area contributed by atoms with Crippen molar-refractivity contribution in [2.24, 2.45) is 0 Å². The van der Waals surface area contributed by atoms with Crippen LogP contribution in [0.25, 0.3) is 11.1 Å². The van der Waals surface area contributed by atoms with Crippen LogP contribution in [0.4, 0.5) is 5.69 Å². The normalized spacial score (nSPS) is 11.4. The summed E-state index contributed by atoms with van der Waals surface area (Å²) in [5.41, 5.74) is 2.17. The molecule has 0 aliphatic carbocycles. The summed E-state index contributed by atoms with van der Waals surface area (Å²) in [6.07, 6.45) is 1.15. The quantitative estimate of drug-likeness (QED) is 0.639. The molecule has 0 saturated heterocycles. The molecule has 2 aromatic carbocycles. The Morgan fingerprint density at radius 3 is 2.59 bits per heavy atom. The highest BCUT2D eigenvalue weighted by Gasteiger charge is 2.11. The zero-order valence-corrected chi connectivity index (χ0v) is 15.5. The Hall–Kier alpha value is -3.07. The lowest BCUT2D eigenvalue weighted by molar-refractivity contribution is -0.121. The van der Waals surface area contributed by atoms with Crippen molar-refractivity contribution in [1.82, 2.24) is 9.88 Å². The molecule has 0 bridgehead atoms. The molecule has 0 atom stereocenters. The molecule has 0 fully saturated rings. The Labute approximate surface area is 155 Å². The van der Waals surface area contributed by atoms with Crippen LogP contribution in [0.5, 0.6) is 0 Å². The number of hydrogen-bond acceptors (Lipinski definition) is 5. The number of benzene rings is 2. The second-order valence-corrected chi connectivity index (χ2v) is 7.79. The van der Waals surface area contributed by atoms with Crippen molar-refractivity contribution in [2.45, 2.75) is 19.5 Å². The van der Waals surface area contributed by atoms with Gasteiger partial charge in [0.25, 0.3) is 0 Å². The Morgan fingerprint density at radius 1 is 1.11 bits per heavy atom. The first-order valence-corrected chi connectivity index (χ1v) is 10.1. The van der Waals surface area contributed by atoms with Crippen molar-refractivity contribution in [3.8, 4) is 0 Å². The molecule has 142 valence electrons. The van der Waals surface area contributed by atoms with E-state index in [1.807, 2.05) is 0 Å². The Bertz CT molecular complexity index is 1130. The first-order chi connectivity index (χ1) is 12.8. The Morgan fingerprint density at radius 2 is 1.81 bits per heavy atom. The lowest BCUT2D eigenvalue weighted by Crippen LogP contribution is -2.26. The van der Waals surface area contributed by atoms with Gasteiger partial charge in [0.1, 0.15) is 0 Å². The maximum Gasteiger partial charge on any atom is 0.419 e. The average molecular weight is 389 g/mol. The lowest BCUT2D eigenvalue weighted by Gasteiger charge is -2.11. The van der Waals surface area contributed by atoms with Crippen LogP contribution < -0.4 is 15.8 Å². The third-order valence-electron chi connectivity index (χ3n) is 3.92. The van der Waals surface area contributed by atoms with Crippen molar-refractivity contribution in [3.05, 3.63) is 64.6 Å². The van der Waals surface area contributed by atoms with Crippen molar-refractivity contribution >= 4 is 32.7 Å². The minimum Gasteiger partial charge on any atom is -0.408 e. The molecule has 0 aliphatic heterocycles. The van der Waals surface area contributed by atoms with Crippen LogP contribution >= 0.6 is 0 Å². The lowest BCUT2D eigenvalue weighted by atomic mass is 10.2. The summed E-state index contributed by atoms with van der Waals surface area (Å²) in [5.74, 6) is -0.770. The summed E-state index contributed by atoms with van der Waals surface area (Å²) in [7, 11) is -3.41. The largest absolute Gasteiger partial charge is 0.419 e. The third kappa shape index (κ3) is 4.76. The van der Waals surface area contributed by atoms with Crippen molar-refractivity contribution in [2.75, 3.05) is 11.0 Å².